The molecule has 2 N–H and O–H groups in total. The Balaban J connectivity index is 1.52. The van der Waals surface area contributed by atoms with E-state index < -0.39 is 0 Å². The Labute approximate surface area is 144 Å². The van der Waals surface area contributed by atoms with Crippen molar-refractivity contribution in [1.29, 1.82) is 0 Å². The molecule has 2 fully saturated rings. The molecule has 4 rings (SSSR count). The molecule has 2 heterocycles. The van der Waals surface area contributed by atoms with E-state index in [0.29, 0.717) is 11.8 Å². The van der Waals surface area contributed by atoms with Crippen molar-refractivity contribution < 1.29 is 9.53 Å². The Morgan fingerprint density at radius 3 is 3.00 bits per heavy atom. The van der Waals surface area contributed by atoms with Crippen molar-refractivity contribution in [3.8, 4) is 5.75 Å². The van der Waals surface area contributed by atoms with Crippen molar-refractivity contribution in [2.24, 2.45) is 17.6 Å². The van der Waals surface area contributed by atoms with Gasteiger partial charge in [0.1, 0.15) is 11.4 Å². The van der Waals surface area contributed by atoms with Crippen LogP contribution in [0, 0.1) is 11.8 Å². The first-order valence-corrected chi connectivity index (χ1v) is 9.27. The lowest BCUT2D eigenvalue weighted by Crippen LogP contribution is -2.43. The van der Waals surface area contributed by atoms with Gasteiger partial charge in [0.15, 0.2) is 0 Å². The van der Waals surface area contributed by atoms with Crippen LogP contribution in [0.4, 0.5) is 0 Å². The van der Waals surface area contributed by atoms with Gasteiger partial charge in [-0.2, -0.15) is 0 Å². The highest BCUT2D eigenvalue weighted by atomic mass is 16.5. The molecule has 1 aromatic carbocycles. The summed E-state index contributed by atoms with van der Waals surface area (Å²) in [5.74, 6) is 2.00. The minimum Gasteiger partial charge on any atom is -0.488 e. The summed E-state index contributed by atoms with van der Waals surface area (Å²) in [6.45, 7) is 6.12. The van der Waals surface area contributed by atoms with Crippen molar-refractivity contribution in [2.45, 2.75) is 64.1 Å². The van der Waals surface area contributed by atoms with Gasteiger partial charge < -0.3 is 10.5 Å². The van der Waals surface area contributed by atoms with Gasteiger partial charge in [0, 0.05) is 13.1 Å². The summed E-state index contributed by atoms with van der Waals surface area (Å²) in [4.78, 5) is 14.3. The Hall–Kier alpha value is -1.55. The quantitative estimate of drug-likeness (QED) is 0.928. The number of rotatable bonds is 3. The molecule has 130 valence electrons. The monoisotopic (exact) mass is 328 g/mol. The SMILES string of the molecule is CC1(C)CCc2cc(CN3CC4CCCC4C3C(N)=O)ccc2O1. The number of amides is 1. The van der Waals surface area contributed by atoms with Crippen LogP contribution in [0.5, 0.6) is 5.75 Å². The van der Waals surface area contributed by atoms with Crippen LogP contribution in [0.2, 0.25) is 0 Å². The van der Waals surface area contributed by atoms with E-state index in [2.05, 4.69) is 36.9 Å². The fraction of sp³-hybridized carbons (Fsp3) is 0.650. The molecule has 2 aliphatic heterocycles. The van der Waals surface area contributed by atoms with Gasteiger partial charge in [0.05, 0.1) is 6.04 Å². The minimum atomic E-state index is -0.146. The molecule has 3 unspecified atom stereocenters. The van der Waals surface area contributed by atoms with Crippen LogP contribution < -0.4 is 10.5 Å². The Morgan fingerprint density at radius 2 is 2.21 bits per heavy atom. The molecule has 1 aromatic rings. The lowest BCUT2D eigenvalue weighted by molar-refractivity contribution is -0.123. The summed E-state index contributed by atoms with van der Waals surface area (Å²) in [5, 5.41) is 0. The van der Waals surface area contributed by atoms with E-state index in [4.69, 9.17) is 10.5 Å². The van der Waals surface area contributed by atoms with Crippen LogP contribution in [-0.4, -0.2) is 29.0 Å². The standard InChI is InChI=1S/C20H28N2O2/c1-20(2)9-8-14-10-13(6-7-17(14)24-20)11-22-12-15-4-3-5-16(15)18(22)19(21)23/h6-7,10,15-16,18H,3-5,8-9,11-12H2,1-2H3,(H2,21,23). The van der Waals surface area contributed by atoms with E-state index in [9.17, 15) is 4.79 Å². The van der Waals surface area contributed by atoms with Crippen LogP contribution in [-0.2, 0) is 17.8 Å². The molecule has 0 spiro atoms. The molecule has 0 bridgehead atoms. The molecular formula is C20H28N2O2. The number of benzene rings is 1. The molecule has 24 heavy (non-hydrogen) atoms. The van der Waals surface area contributed by atoms with Gasteiger partial charge in [-0.05, 0) is 68.6 Å². The van der Waals surface area contributed by atoms with E-state index in [-0.39, 0.29) is 17.6 Å². The van der Waals surface area contributed by atoms with Crippen molar-refractivity contribution in [2.75, 3.05) is 6.54 Å². The molecule has 1 amide bonds. The van der Waals surface area contributed by atoms with Crippen molar-refractivity contribution in [3.63, 3.8) is 0 Å². The second-order valence-corrected chi connectivity index (χ2v) is 8.44. The minimum absolute atomic E-state index is 0.0715. The molecule has 1 saturated carbocycles. The van der Waals surface area contributed by atoms with Crippen LogP contribution >= 0.6 is 0 Å². The molecule has 4 heteroatoms. The number of likely N-dealkylation sites (tertiary alicyclic amines) is 1. The summed E-state index contributed by atoms with van der Waals surface area (Å²) in [7, 11) is 0. The van der Waals surface area contributed by atoms with Crippen LogP contribution in [0.15, 0.2) is 18.2 Å². The van der Waals surface area contributed by atoms with Gasteiger partial charge in [-0.25, -0.2) is 0 Å². The first-order chi connectivity index (χ1) is 11.4. The normalized spacial score (nSPS) is 31.3. The van der Waals surface area contributed by atoms with Gasteiger partial charge >= 0.3 is 0 Å². The maximum absolute atomic E-state index is 12.0. The van der Waals surface area contributed by atoms with Crippen LogP contribution in [0.1, 0.15) is 50.7 Å². The van der Waals surface area contributed by atoms with E-state index in [1.807, 2.05) is 0 Å². The molecule has 0 radical (unpaired) electrons. The maximum Gasteiger partial charge on any atom is 0.235 e. The van der Waals surface area contributed by atoms with E-state index >= 15 is 0 Å². The number of primary amides is 1. The Bertz CT molecular complexity index is 655. The third-order valence-electron chi connectivity index (χ3n) is 6.17. The molecular weight excluding hydrogens is 300 g/mol. The van der Waals surface area contributed by atoms with E-state index in [0.717, 1.165) is 38.1 Å². The highest BCUT2D eigenvalue weighted by Crippen LogP contribution is 2.43. The first kappa shape index (κ1) is 15.9. The molecule has 3 aliphatic rings. The Kier molecular flexibility index (Phi) is 3.83. The molecule has 1 saturated heterocycles. The van der Waals surface area contributed by atoms with Gasteiger partial charge in [-0.15, -0.1) is 0 Å². The fourth-order valence-electron chi connectivity index (χ4n) is 4.99. The van der Waals surface area contributed by atoms with Gasteiger partial charge in [0.2, 0.25) is 5.91 Å². The number of carbonyl (C=O) groups is 1. The van der Waals surface area contributed by atoms with Gasteiger partial charge in [-0.3, -0.25) is 9.69 Å². The number of carbonyl (C=O) groups excluding carboxylic acids is 1. The van der Waals surface area contributed by atoms with E-state index in [1.54, 1.807) is 0 Å². The summed E-state index contributed by atoms with van der Waals surface area (Å²) in [5.41, 5.74) is 8.23. The molecule has 4 nitrogen and oxygen atoms in total. The maximum atomic E-state index is 12.0. The fourth-order valence-corrected chi connectivity index (χ4v) is 4.99. The first-order valence-electron chi connectivity index (χ1n) is 9.27. The zero-order valence-electron chi connectivity index (χ0n) is 14.8. The summed E-state index contributed by atoms with van der Waals surface area (Å²) >= 11 is 0. The third-order valence-corrected chi connectivity index (χ3v) is 6.17. The molecule has 3 atom stereocenters. The predicted molar refractivity (Wildman–Crippen MR) is 93.7 cm³/mol. The highest BCUT2D eigenvalue weighted by molar-refractivity contribution is 5.80. The number of ether oxygens (including phenoxy) is 1. The lowest BCUT2D eigenvalue weighted by Gasteiger charge is -2.33. The number of aryl methyl sites for hydroxylation is 1. The number of hydrogen-bond donors (Lipinski definition) is 1. The number of nitrogens with two attached hydrogens (primary N) is 1. The summed E-state index contributed by atoms with van der Waals surface area (Å²) < 4.78 is 6.08. The predicted octanol–water partition coefficient (Wildman–Crippen LogP) is 2.88. The van der Waals surface area contributed by atoms with Crippen molar-refractivity contribution in [3.05, 3.63) is 29.3 Å². The third kappa shape index (κ3) is 2.81. The van der Waals surface area contributed by atoms with Gasteiger partial charge in [0.25, 0.3) is 0 Å². The lowest BCUT2D eigenvalue weighted by atomic mass is 9.93. The second kappa shape index (κ2) is 5.76. The molecule has 1 aliphatic carbocycles. The smallest absolute Gasteiger partial charge is 0.235 e. The van der Waals surface area contributed by atoms with Crippen LogP contribution in [0.3, 0.4) is 0 Å². The number of hydrogen-bond acceptors (Lipinski definition) is 3. The van der Waals surface area contributed by atoms with Crippen molar-refractivity contribution in [1.82, 2.24) is 4.90 Å². The topological polar surface area (TPSA) is 55.6 Å². The Morgan fingerprint density at radius 1 is 1.38 bits per heavy atom. The molecule has 0 aromatic heterocycles. The van der Waals surface area contributed by atoms with Gasteiger partial charge in [-0.1, -0.05) is 18.6 Å². The summed E-state index contributed by atoms with van der Waals surface area (Å²) in [6.07, 6.45) is 5.75. The van der Waals surface area contributed by atoms with E-state index in [1.165, 1.54) is 24.0 Å². The number of fused-ring (bicyclic) bond motifs is 2. The average Bonchev–Trinajstić information content (AvgIpc) is 3.06. The largest absolute Gasteiger partial charge is 0.488 e. The summed E-state index contributed by atoms with van der Waals surface area (Å²) in [6, 6.07) is 6.42. The number of nitrogens with zero attached hydrogens (tertiary/aromatic N) is 1. The zero-order valence-corrected chi connectivity index (χ0v) is 14.8. The zero-order chi connectivity index (χ0) is 16.9. The van der Waals surface area contributed by atoms with Crippen LogP contribution in [0.25, 0.3) is 0 Å². The van der Waals surface area contributed by atoms with Crippen molar-refractivity contribution >= 4 is 5.91 Å². The highest BCUT2D eigenvalue weighted by Gasteiger charge is 2.46. The average molecular weight is 328 g/mol. The second-order valence-electron chi connectivity index (χ2n) is 8.44.